The third-order valence-corrected chi connectivity index (χ3v) is 7.38. The molecule has 2 rings (SSSR count). The van der Waals surface area contributed by atoms with Gasteiger partial charge in [-0.1, -0.05) is 22.4 Å². The molecule has 4 nitrogen and oxygen atoms in total. The molecule has 2 N–H and O–H groups in total. The van der Waals surface area contributed by atoms with Crippen LogP contribution in [-0.4, -0.2) is 31.1 Å². The molecule has 1 heterocycles. The quantitative estimate of drug-likeness (QED) is 0.806. The maximum Gasteiger partial charge on any atom is 0.240 e. The largest absolute Gasteiger partial charge is 0.392 e. The van der Waals surface area contributed by atoms with Crippen molar-refractivity contribution in [1.29, 1.82) is 0 Å². The Hall–Kier alpha value is -0.0800. The molecule has 0 amide bonds. The van der Waals surface area contributed by atoms with Gasteiger partial charge in [-0.2, -0.15) is 11.8 Å². The zero-order chi connectivity index (χ0) is 15.5. The number of rotatable bonds is 5. The molecule has 0 aliphatic carbocycles. The highest BCUT2D eigenvalue weighted by Crippen LogP contribution is 2.27. The predicted octanol–water partition coefficient (Wildman–Crippen LogP) is 2.81. The topological polar surface area (TPSA) is 66.4 Å². The number of aliphatic hydroxyl groups is 1. The molecule has 1 atom stereocenters. The molecular formula is C14H20BrNO3S2. The van der Waals surface area contributed by atoms with E-state index < -0.39 is 10.0 Å². The number of halogens is 1. The van der Waals surface area contributed by atoms with Crippen LogP contribution in [0.4, 0.5) is 0 Å². The molecule has 1 aliphatic rings. The predicted molar refractivity (Wildman–Crippen MR) is 90.1 cm³/mol. The second-order valence-electron chi connectivity index (χ2n) is 5.20. The summed E-state index contributed by atoms with van der Waals surface area (Å²) >= 11 is 5.19. The molecule has 1 aromatic rings. The minimum absolute atomic E-state index is 0.181. The Morgan fingerprint density at radius 2 is 2.19 bits per heavy atom. The summed E-state index contributed by atoms with van der Waals surface area (Å²) in [6.45, 7) is 2.04. The van der Waals surface area contributed by atoms with Gasteiger partial charge in [-0.3, -0.25) is 0 Å². The SMILES string of the molecule is Cc1c(Br)cc(CO)cc1S(=O)(=O)NCC1CCCCS1. The van der Waals surface area contributed by atoms with Gasteiger partial charge in [0.2, 0.25) is 10.0 Å². The minimum Gasteiger partial charge on any atom is -0.392 e. The van der Waals surface area contributed by atoms with Crippen LogP contribution >= 0.6 is 27.7 Å². The summed E-state index contributed by atoms with van der Waals surface area (Å²) in [6, 6.07) is 3.28. The average molecular weight is 394 g/mol. The molecule has 1 unspecified atom stereocenters. The first-order chi connectivity index (χ1) is 9.94. The van der Waals surface area contributed by atoms with Gasteiger partial charge in [0.05, 0.1) is 11.5 Å². The van der Waals surface area contributed by atoms with E-state index in [1.807, 2.05) is 11.8 Å². The Kier molecular flexibility index (Phi) is 6.14. The molecule has 118 valence electrons. The molecule has 7 heteroatoms. The van der Waals surface area contributed by atoms with Gasteiger partial charge in [0.25, 0.3) is 0 Å². The summed E-state index contributed by atoms with van der Waals surface area (Å²) in [5, 5.41) is 9.60. The second-order valence-corrected chi connectivity index (χ2v) is 9.20. The summed E-state index contributed by atoms with van der Waals surface area (Å²) in [6.07, 6.45) is 3.45. The molecule has 0 spiro atoms. The zero-order valence-corrected chi connectivity index (χ0v) is 15.2. The molecule has 21 heavy (non-hydrogen) atoms. The fraction of sp³-hybridized carbons (Fsp3) is 0.571. The van der Waals surface area contributed by atoms with Crippen LogP contribution in [0.5, 0.6) is 0 Å². The number of benzene rings is 1. The van der Waals surface area contributed by atoms with Gasteiger partial charge in [-0.15, -0.1) is 0 Å². The lowest BCUT2D eigenvalue weighted by Crippen LogP contribution is -2.32. The molecule has 1 aliphatic heterocycles. The van der Waals surface area contributed by atoms with E-state index in [4.69, 9.17) is 0 Å². The van der Waals surface area contributed by atoms with Crippen molar-refractivity contribution >= 4 is 37.7 Å². The Labute approximate surface area is 138 Å². The number of nitrogens with one attached hydrogen (secondary N) is 1. The van der Waals surface area contributed by atoms with E-state index in [1.54, 1.807) is 13.0 Å². The van der Waals surface area contributed by atoms with Gasteiger partial charge >= 0.3 is 0 Å². The highest BCUT2D eigenvalue weighted by atomic mass is 79.9. The van der Waals surface area contributed by atoms with Crippen molar-refractivity contribution in [2.75, 3.05) is 12.3 Å². The van der Waals surface area contributed by atoms with E-state index in [9.17, 15) is 13.5 Å². The van der Waals surface area contributed by atoms with E-state index in [-0.39, 0.29) is 11.5 Å². The number of thioether (sulfide) groups is 1. The minimum atomic E-state index is -3.55. The number of sulfonamides is 1. The fourth-order valence-corrected chi connectivity index (χ4v) is 5.70. The van der Waals surface area contributed by atoms with Gasteiger partial charge < -0.3 is 5.11 Å². The van der Waals surface area contributed by atoms with Crippen LogP contribution < -0.4 is 4.72 Å². The summed E-state index contributed by atoms with van der Waals surface area (Å²) < 4.78 is 28.4. The van der Waals surface area contributed by atoms with Crippen molar-refractivity contribution in [1.82, 2.24) is 4.72 Å². The normalized spacial score (nSPS) is 19.7. The van der Waals surface area contributed by atoms with Crippen molar-refractivity contribution in [2.45, 2.75) is 42.9 Å². The van der Waals surface area contributed by atoms with Crippen molar-refractivity contribution in [3.8, 4) is 0 Å². The Morgan fingerprint density at radius 1 is 1.43 bits per heavy atom. The second kappa shape index (κ2) is 7.46. The van der Waals surface area contributed by atoms with E-state index in [0.29, 0.717) is 27.4 Å². The number of hydrogen-bond donors (Lipinski definition) is 2. The number of aliphatic hydroxyl groups excluding tert-OH is 1. The number of hydrogen-bond acceptors (Lipinski definition) is 4. The van der Waals surface area contributed by atoms with Crippen molar-refractivity contribution in [3.63, 3.8) is 0 Å². The molecule has 0 radical (unpaired) electrons. The van der Waals surface area contributed by atoms with Crippen LogP contribution in [0.2, 0.25) is 0 Å². The summed E-state index contributed by atoms with van der Waals surface area (Å²) in [5.41, 5.74) is 1.25. The van der Waals surface area contributed by atoms with Crippen molar-refractivity contribution in [2.24, 2.45) is 0 Å². The van der Waals surface area contributed by atoms with E-state index in [1.165, 1.54) is 18.9 Å². The molecule has 0 saturated carbocycles. The Bertz CT molecular complexity index is 598. The molecular weight excluding hydrogens is 374 g/mol. The van der Waals surface area contributed by atoms with Crippen LogP contribution in [0.15, 0.2) is 21.5 Å². The van der Waals surface area contributed by atoms with Crippen LogP contribution in [0.25, 0.3) is 0 Å². The van der Waals surface area contributed by atoms with Gasteiger partial charge in [0.15, 0.2) is 0 Å². The Balaban J connectivity index is 2.16. The maximum atomic E-state index is 12.5. The monoisotopic (exact) mass is 393 g/mol. The van der Waals surface area contributed by atoms with Crippen LogP contribution in [-0.2, 0) is 16.6 Å². The van der Waals surface area contributed by atoms with Crippen LogP contribution in [0, 0.1) is 6.92 Å². The first-order valence-electron chi connectivity index (χ1n) is 6.95. The maximum absolute atomic E-state index is 12.5. The van der Waals surface area contributed by atoms with Gasteiger partial charge in [-0.05, 0) is 48.8 Å². The van der Waals surface area contributed by atoms with E-state index in [2.05, 4.69) is 20.7 Å². The van der Waals surface area contributed by atoms with Gasteiger partial charge in [0, 0.05) is 16.3 Å². The zero-order valence-electron chi connectivity index (χ0n) is 11.9. The molecule has 1 fully saturated rings. The van der Waals surface area contributed by atoms with Gasteiger partial charge in [-0.25, -0.2) is 13.1 Å². The summed E-state index contributed by atoms with van der Waals surface area (Å²) in [5.74, 6) is 1.11. The molecule has 1 aromatic carbocycles. The van der Waals surface area contributed by atoms with Crippen molar-refractivity contribution < 1.29 is 13.5 Å². The smallest absolute Gasteiger partial charge is 0.240 e. The first-order valence-corrected chi connectivity index (χ1v) is 10.3. The average Bonchev–Trinajstić information content (AvgIpc) is 2.48. The van der Waals surface area contributed by atoms with Crippen molar-refractivity contribution in [3.05, 3.63) is 27.7 Å². The summed E-state index contributed by atoms with van der Waals surface area (Å²) in [4.78, 5) is 0.238. The lowest BCUT2D eigenvalue weighted by atomic mass is 10.2. The molecule has 0 aromatic heterocycles. The first kappa shape index (κ1) is 17.3. The molecule has 1 saturated heterocycles. The third kappa shape index (κ3) is 4.45. The van der Waals surface area contributed by atoms with Gasteiger partial charge in [0.1, 0.15) is 0 Å². The standard InChI is InChI=1S/C14H20BrNO3S2/c1-10-13(15)6-11(9-17)7-14(10)21(18,19)16-8-12-4-2-3-5-20-12/h6-7,12,16-17H,2-5,8-9H2,1H3. The highest BCUT2D eigenvalue weighted by molar-refractivity contribution is 9.10. The van der Waals surface area contributed by atoms with Crippen LogP contribution in [0.1, 0.15) is 30.4 Å². The van der Waals surface area contributed by atoms with Crippen LogP contribution in [0.3, 0.4) is 0 Å². The van der Waals surface area contributed by atoms with E-state index in [0.717, 1.165) is 12.2 Å². The van der Waals surface area contributed by atoms with E-state index >= 15 is 0 Å². The lowest BCUT2D eigenvalue weighted by molar-refractivity contribution is 0.281. The molecule has 0 bridgehead atoms. The third-order valence-electron chi connectivity index (χ3n) is 3.60. The lowest BCUT2D eigenvalue weighted by Gasteiger charge is -2.21. The Morgan fingerprint density at radius 3 is 2.81 bits per heavy atom. The summed E-state index contributed by atoms with van der Waals surface area (Å²) in [7, 11) is -3.55. The highest BCUT2D eigenvalue weighted by Gasteiger charge is 2.22. The fourth-order valence-electron chi connectivity index (χ4n) is 2.33.